The van der Waals surface area contributed by atoms with Crippen molar-refractivity contribution in [2.45, 2.75) is 410 Å². The fourth-order valence-corrected chi connectivity index (χ4v) is 11.6. The zero-order valence-corrected chi connectivity index (χ0v) is 50.8. The molecule has 7 unspecified atom stereocenters. The molecule has 0 bridgehead atoms. The first-order chi connectivity index (χ1) is 37.3. The van der Waals surface area contributed by atoms with Gasteiger partial charge in [-0.2, -0.15) is 0 Å². The first kappa shape index (κ1) is 73.2. The van der Waals surface area contributed by atoms with Gasteiger partial charge in [-0.15, -0.1) is 0 Å². The molecule has 1 aliphatic heterocycles. The molecule has 1 heterocycles. The average molecular weight is 1080 g/mol. The van der Waals surface area contributed by atoms with Gasteiger partial charge in [0.25, 0.3) is 0 Å². The molecule has 0 aromatic carbocycles. The SMILES string of the molecule is CCCCCCCCCCCCCCCCCCCCCCCCCCCCCCC(O)C(COC1OC(CO)C(O)C(O)C1O)NC(=O)CCCCCCCCCCCCCCCCCCCCCCCCCCC. The van der Waals surface area contributed by atoms with E-state index in [-0.39, 0.29) is 12.5 Å². The summed E-state index contributed by atoms with van der Waals surface area (Å²) in [6.45, 7) is 3.91. The lowest BCUT2D eigenvalue weighted by Crippen LogP contribution is -2.60. The van der Waals surface area contributed by atoms with Crippen molar-refractivity contribution in [1.29, 1.82) is 0 Å². The van der Waals surface area contributed by atoms with Crippen molar-refractivity contribution in [3.05, 3.63) is 0 Å². The van der Waals surface area contributed by atoms with E-state index >= 15 is 0 Å². The van der Waals surface area contributed by atoms with Gasteiger partial charge in [0.2, 0.25) is 5.91 Å². The summed E-state index contributed by atoms with van der Waals surface area (Å²) >= 11 is 0. The lowest BCUT2D eigenvalue weighted by atomic mass is 9.99. The number of carbonyl (C=O) groups is 1. The van der Waals surface area contributed by atoms with Crippen LogP contribution < -0.4 is 5.32 Å². The van der Waals surface area contributed by atoms with Crippen LogP contribution in [0.1, 0.15) is 367 Å². The molecule has 6 N–H and O–H groups in total. The fraction of sp³-hybridized carbons (Fsp3) is 0.985. The summed E-state index contributed by atoms with van der Waals surface area (Å²) in [7, 11) is 0. The molecule has 1 saturated heterocycles. The number of amides is 1. The van der Waals surface area contributed by atoms with E-state index in [0.29, 0.717) is 12.8 Å². The number of ether oxygens (including phenoxy) is 2. The van der Waals surface area contributed by atoms with E-state index in [0.717, 1.165) is 38.5 Å². The molecule has 0 aromatic rings. The summed E-state index contributed by atoms with van der Waals surface area (Å²) in [4.78, 5) is 13.1. The van der Waals surface area contributed by atoms with E-state index in [9.17, 15) is 30.3 Å². The number of unbranched alkanes of at least 4 members (excludes halogenated alkanes) is 51. The maximum absolute atomic E-state index is 13.1. The second-order valence-corrected chi connectivity index (χ2v) is 24.3. The quantitative estimate of drug-likeness (QED) is 0.0330. The van der Waals surface area contributed by atoms with Crippen LogP contribution in [0.4, 0.5) is 0 Å². The van der Waals surface area contributed by atoms with Crippen LogP contribution in [-0.4, -0.2) is 87.5 Å². The summed E-state index contributed by atoms with van der Waals surface area (Å²) in [6.07, 6.45) is 64.5. The Bertz CT molecular complexity index is 1160. The third kappa shape index (κ3) is 45.9. The minimum absolute atomic E-state index is 0.130. The summed E-state index contributed by atoms with van der Waals surface area (Å²) in [5.41, 5.74) is 0. The van der Waals surface area contributed by atoms with Gasteiger partial charge >= 0.3 is 0 Å². The molecule has 9 nitrogen and oxygen atoms in total. The van der Waals surface area contributed by atoms with E-state index in [4.69, 9.17) is 9.47 Å². The minimum Gasteiger partial charge on any atom is -0.394 e. The lowest BCUT2D eigenvalue weighted by Gasteiger charge is -2.40. The molecule has 0 aliphatic carbocycles. The van der Waals surface area contributed by atoms with Crippen LogP contribution in [0.5, 0.6) is 0 Å². The van der Waals surface area contributed by atoms with Gasteiger partial charge in [-0.25, -0.2) is 0 Å². The van der Waals surface area contributed by atoms with E-state index in [1.807, 2.05) is 0 Å². The van der Waals surface area contributed by atoms with E-state index in [1.54, 1.807) is 0 Å². The van der Waals surface area contributed by atoms with Crippen molar-refractivity contribution < 1.29 is 39.8 Å². The Balaban J connectivity index is 2.11. The highest BCUT2D eigenvalue weighted by atomic mass is 16.7. The smallest absolute Gasteiger partial charge is 0.220 e. The zero-order chi connectivity index (χ0) is 55.0. The first-order valence-electron chi connectivity index (χ1n) is 34.2. The zero-order valence-electron chi connectivity index (χ0n) is 50.8. The van der Waals surface area contributed by atoms with Crippen molar-refractivity contribution in [2.24, 2.45) is 0 Å². The van der Waals surface area contributed by atoms with Gasteiger partial charge in [0.05, 0.1) is 25.4 Å². The number of aliphatic hydroxyl groups is 5. The largest absolute Gasteiger partial charge is 0.394 e. The average Bonchev–Trinajstić information content (AvgIpc) is 3.42. The van der Waals surface area contributed by atoms with Crippen LogP contribution in [-0.2, 0) is 14.3 Å². The van der Waals surface area contributed by atoms with E-state index in [1.165, 1.54) is 302 Å². The number of hydrogen-bond acceptors (Lipinski definition) is 8. The Hall–Kier alpha value is -0.810. The first-order valence-corrected chi connectivity index (χ1v) is 34.2. The van der Waals surface area contributed by atoms with Crippen molar-refractivity contribution in [2.75, 3.05) is 13.2 Å². The third-order valence-electron chi connectivity index (χ3n) is 17.0. The number of carbonyl (C=O) groups excluding carboxylic acids is 1. The molecule has 0 saturated carbocycles. The monoisotopic (exact) mass is 1080 g/mol. The maximum Gasteiger partial charge on any atom is 0.220 e. The maximum atomic E-state index is 13.1. The van der Waals surface area contributed by atoms with Crippen LogP contribution in [0, 0.1) is 0 Å². The predicted octanol–water partition coefficient (Wildman–Crippen LogP) is 18.1. The topological polar surface area (TPSA) is 149 Å². The normalized spacial score (nSPS) is 18.6. The van der Waals surface area contributed by atoms with Crippen molar-refractivity contribution in [3.8, 4) is 0 Å². The van der Waals surface area contributed by atoms with Gasteiger partial charge in [0, 0.05) is 6.42 Å². The number of aliphatic hydroxyl groups excluding tert-OH is 5. The Kier molecular flexibility index (Phi) is 55.3. The van der Waals surface area contributed by atoms with Gasteiger partial charge in [0.1, 0.15) is 24.4 Å². The van der Waals surface area contributed by atoms with Crippen LogP contribution in [0.15, 0.2) is 0 Å². The Morgan fingerprint density at radius 1 is 0.395 bits per heavy atom. The molecule has 7 atom stereocenters. The highest BCUT2D eigenvalue weighted by Crippen LogP contribution is 2.24. The number of rotatable bonds is 61. The molecule has 0 aromatic heterocycles. The molecule has 454 valence electrons. The molecule has 1 amide bonds. The Morgan fingerprint density at radius 3 is 0.934 bits per heavy atom. The third-order valence-corrected chi connectivity index (χ3v) is 17.0. The molecular weight excluding hydrogens is 947 g/mol. The lowest BCUT2D eigenvalue weighted by molar-refractivity contribution is -0.302. The predicted molar refractivity (Wildman–Crippen MR) is 323 cm³/mol. The van der Waals surface area contributed by atoms with E-state index in [2.05, 4.69) is 19.2 Å². The van der Waals surface area contributed by atoms with Gasteiger partial charge in [-0.05, 0) is 12.8 Å². The van der Waals surface area contributed by atoms with Gasteiger partial charge in [-0.1, -0.05) is 348 Å². The minimum atomic E-state index is -1.55. The standard InChI is InChI=1S/C67H133NO8/c1-3-5-7-9-11-13-15-17-19-21-23-25-27-29-30-31-33-34-36-38-40-42-44-46-48-50-52-54-56-61(70)60(59-75-67-66(74)65(73)64(72)62(58-69)76-67)68-63(71)57-55-53-51-49-47-45-43-41-39-37-35-32-28-26-24-22-20-18-16-14-12-10-8-6-4-2/h60-62,64-67,69-70,72-74H,3-59H2,1-2H3,(H,68,71). The van der Waals surface area contributed by atoms with Crippen molar-refractivity contribution in [1.82, 2.24) is 5.32 Å². The Morgan fingerprint density at radius 2 is 0.658 bits per heavy atom. The van der Waals surface area contributed by atoms with Gasteiger partial charge < -0.3 is 40.3 Å². The van der Waals surface area contributed by atoms with Crippen molar-refractivity contribution in [3.63, 3.8) is 0 Å². The highest BCUT2D eigenvalue weighted by molar-refractivity contribution is 5.76. The van der Waals surface area contributed by atoms with Crippen LogP contribution in [0.25, 0.3) is 0 Å². The molecule has 0 radical (unpaired) electrons. The summed E-state index contributed by atoms with van der Waals surface area (Å²) < 4.78 is 11.4. The molecule has 1 rings (SSSR count). The summed E-state index contributed by atoms with van der Waals surface area (Å²) in [6, 6.07) is -0.715. The molecule has 1 fully saturated rings. The second-order valence-electron chi connectivity index (χ2n) is 24.3. The van der Waals surface area contributed by atoms with Crippen LogP contribution in [0.3, 0.4) is 0 Å². The fourth-order valence-electron chi connectivity index (χ4n) is 11.6. The molecule has 9 heteroatoms. The molecule has 1 aliphatic rings. The van der Waals surface area contributed by atoms with Gasteiger partial charge in [0.15, 0.2) is 6.29 Å². The molecule has 0 spiro atoms. The second kappa shape index (κ2) is 57.4. The van der Waals surface area contributed by atoms with Gasteiger partial charge in [-0.3, -0.25) is 4.79 Å². The van der Waals surface area contributed by atoms with E-state index < -0.39 is 49.5 Å². The summed E-state index contributed by atoms with van der Waals surface area (Å²) in [5, 5.41) is 54.9. The number of nitrogens with one attached hydrogen (secondary N) is 1. The van der Waals surface area contributed by atoms with Crippen LogP contribution >= 0.6 is 0 Å². The summed E-state index contributed by atoms with van der Waals surface area (Å²) in [5.74, 6) is -0.133. The highest BCUT2D eigenvalue weighted by Gasteiger charge is 2.44. The van der Waals surface area contributed by atoms with Crippen molar-refractivity contribution >= 4 is 5.91 Å². The molecular formula is C67H133NO8. The Labute approximate surface area is 472 Å². The van der Waals surface area contributed by atoms with Crippen LogP contribution in [0.2, 0.25) is 0 Å². The molecule has 76 heavy (non-hydrogen) atoms. The number of hydrogen-bond donors (Lipinski definition) is 6.